The van der Waals surface area contributed by atoms with Gasteiger partial charge in [0.1, 0.15) is 17.8 Å². The summed E-state index contributed by atoms with van der Waals surface area (Å²) in [5, 5.41) is 13.3. The highest BCUT2D eigenvalue weighted by molar-refractivity contribution is 5.92. The SMILES string of the molecule is CCNc1cncc(C(=O)NCc2nncn2C)n1. The molecule has 0 aliphatic rings. The van der Waals surface area contributed by atoms with Crippen LogP contribution in [-0.4, -0.2) is 37.2 Å². The molecular weight excluding hydrogens is 246 g/mol. The maximum atomic E-state index is 11.9. The van der Waals surface area contributed by atoms with E-state index in [1.807, 2.05) is 14.0 Å². The zero-order valence-corrected chi connectivity index (χ0v) is 10.8. The van der Waals surface area contributed by atoms with E-state index < -0.39 is 0 Å². The molecule has 8 nitrogen and oxygen atoms in total. The van der Waals surface area contributed by atoms with Crippen molar-refractivity contribution in [2.45, 2.75) is 13.5 Å². The van der Waals surface area contributed by atoms with Gasteiger partial charge in [-0.2, -0.15) is 0 Å². The van der Waals surface area contributed by atoms with Gasteiger partial charge in [-0.3, -0.25) is 9.78 Å². The summed E-state index contributed by atoms with van der Waals surface area (Å²) in [5.41, 5.74) is 0.264. The van der Waals surface area contributed by atoms with Crippen molar-refractivity contribution in [3.05, 3.63) is 30.2 Å². The summed E-state index contributed by atoms with van der Waals surface area (Å²) in [5.74, 6) is 0.952. The second kappa shape index (κ2) is 5.89. The van der Waals surface area contributed by atoms with Crippen molar-refractivity contribution >= 4 is 11.7 Å². The van der Waals surface area contributed by atoms with Gasteiger partial charge in [0.15, 0.2) is 5.82 Å². The number of rotatable bonds is 5. The first-order valence-corrected chi connectivity index (χ1v) is 5.87. The molecule has 0 atom stereocenters. The Kier molecular flexibility index (Phi) is 4.01. The molecule has 2 aromatic heterocycles. The molecule has 0 fully saturated rings. The molecule has 0 aliphatic carbocycles. The van der Waals surface area contributed by atoms with Gasteiger partial charge in [-0.1, -0.05) is 0 Å². The summed E-state index contributed by atoms with van der Waals surface area (Å²) < 4.78 is 1.74. The second-order valence-corrected chi connectivity index (χ2v) is 3.86. The van der Waals surface area contributed by atoms with Crippen LogP contribution in [0.2, 0.25) is 0 Å². The largest absolute Gasteiger partial charge is 0.369 e. The average molecular weight is 261 g/mol. The van der Waals surface area contributed by atoms with Crippen molar-refractivity contribution in [1.82, 2.24) is 30.0 Å². The molecule has 2 aromatic rings. The molecule has 19 heavy (non-hydrogen) atoms. The van der Waals surface area contributed by atoms with Crippen molar-refractivity contribution < 1.29 is 4.79 Å². The van der Waals surface area contributed by atoms with Gasteiger partial charge in [0.05, 0.1) is 18.9 Å². The van der Waals surface area contributed by atoms with E-state index in [1.54, 1.807) is 17.1 Å². The maximum Gasteiger partial charge on any atom is 0.271 e. The van der Waals surface area contributed by atoms with Crippen molar-refractivity contribution in [1.29, 1.82) is 0 Å². The topological polar surface area (TPSA) is 97.6 Å². The number of nitrogens with zero attached hydrogens (tertiary/aromatic N) is 5. The van der Waals surface area contributed by atoms with Gasteiger partial charge >= 0.3 is 0 Å². The van der Waals surface area contributed by atoms with E-state index in [4.69, 9.17) is 0 Å². The molecule has 0 bridgehead atoms. The molecule has 2 heterocycles. The third-order valence-electron chi connectivity index (χ3n) is 2.44. The molecule has 1 amide bonds. The maximum absolute atomic E-state index is 11.9. The van der Waals surface area contributed by atoms with Gasteiger partial charge in [-0.25, -0.2) is 4.98 Å². The number of carbonyl (C=O) groups is 1. The van der Waals surface area contributed by atoms with Crippen LogP contribution in [0.3, 0.4) is 0 Å². The fourth-order valence-electron chi connectivity index (χ4n) is 1.46. The molecule has 0 aromatic carbocycles. The predicted octanol–water partition coefficient (Wildman–Crippen LogP) is -0.0331. The normalized spacial score (nSPS) is 10.2. The van der Waals surface area contributed by atoms with Gasteiger partial charge in [0, 0.05) is 13.6 Å². The van der Waals surface area contributed by atoms with Gasteiger partial charge in [-0.05, 0) is 6.92 Å². The Morgan fingerprint density at radius 1 is 1.42 bits per heavy atom. The standard InChI is InChI=1S/C11H15N7O/c1-3-13-9-5-12-4-8(16-9)11(19)14-6-10-17-15-7-18(10)2/h4-5,7H,3,6H2,1-2H3,(H,13,16)(H,14,19). The van der Waals surface area contributed by atoms with Crippen LogP contribution in [0, 0.1) is 0 Å². The fourth-order valence-corrected chi connectivity index (χ4v) is 1.46. The number of amides is 1. The van der Waals surface area contributed by atoms with Crippen LogP contribution in [0.15, 0.2) is 18.7 Å². The lowest BCUT2D eigenvalue weighted by atomic mass is 10.4. The molecule has 8 heteroatoms. The van der Waals surface area contributed by atoms with Gasteiger partial charge in [0.2, 0.25) is 0 Å². The minimum Gasteiger partial charge on any atom is -0.369 e. The second-order valence-electron chi connectivity index (χ2n) is 3.86. The van der Waals surface area contributed by atoms with Crippen LogP contribution < -0.4 is 10.6 Å². The summed E-state index contributed by atoms with van der Waals surface area (Å²) in [6, 6.07) is 0. The van der Waals surface area contributed by atoms with Crippen molar-refractivity contribution in [2.24, 2.45) is 7.05 Å². The fraction of sp³-hybridized carbons (Fsp3) is 0.364. The first-order valence-electron chi connectivity index (χ1n) is 5.87. The smallest absolute Gasteiger partial charge is 0.271 e. The highest BCUT2D eigenvalue weighted by Crippen LogP contribution is 2.02. The number of anilines is 1. The first kappa shape index (κ1) is 12.9. The van der Waals surface area contributed by atoms with Crippen molar-refractivity contribution in [2.75, 3.05) is 11.9 Å². The quantitative estimate of drug-likeness (QED) is 0.784. The predicted molar refractivity (Wildman–Crippen MR) is 68.4 cm³/mol. The first-order chi connectivity index (χ1) is 9.20. The van der Waals surface area contributed by atoms with Crippen molar-refractivity contribution in [3.63, 3.8) is 0 Å². The molecule has 0 radical (unpaired) electrons. The van der Waals surface area contributed by atoms with Crippen LogP contribution in [0.4, 0.5) is 5.82 Å². The molecule has 0 spiro atoms. The number of aryl methyl sites for hydroxylation is 1. The summed E-state index contributed by atoms with van der Waals surface area (Å²) in [6.45, 7) is 2.96. The van der Waals surface area contributed by atoms with E-state index in [9.17, 15) is 4.79 Å². The Labute approximate surface area is 110 Å². The molecule has 0 aliphatic heterocycles. The zero-order valence-electron chi connectivity index (χ0n) is 10.8. The minimum atomic E-state index is -0.296. The van der Waals surface area contributed by atoms with Crippen LogP contribution in [0.1, 0.15) is 23.2 Å². The lowest BCUT2D eigenvalue weighted by Gasteiger charge is -2.06. The van der Waals surface area contributed by atoms with E-state index in [0.717, 1.165) is 6.54 Å². The van der Waals surface area contributed by atoms with Crippen LogP contribution in [0.5, 0.6) is 0 Å². The Hall–Kier alpha value is -2.51. The molecular formula is C11H15N7O. The molecule has 0 saturated carbocycles. The molecule has 0 unspecified atom stereocenters. The number of nitrogens with one attached hydrogen (secondary N) is 2. The Morgan fingerprint density at radius 2 is 2.26 bits per heavy atom. The van der Waals surface area contributed by atoms with Crippen molar-refractivity contribution in [3.8, 4) is 0 Å². The summed E-state index contributed by atoms with van der Waals surface area (Å²) >= 11 is 0. The van der Waals surface area contributed by atoms with E-state index in [2.05, 4.69) is 30.8 Å². The molecule has 100 valence electrons. The lowest BCUT2D eigenvalue weighted by molar-refractivity contribution is 0.0944. The number of hydrogen-bond donors (Lipinski definition) is 2. The molecule has 2 N–H and O–H groups in total. The monoisotopic (exact) mass is 261 g/mol. The lowest BCUT2D eigenvalue weighted by Crippen LogP contribution is -2.25. The number of aromatic nitrogens is 5. The number of carbonyl (C=O) groups excluding carboxylic acids is 1. The van der Waals surface area contributed by atoms with Gasteiger partial charge < -0.3 is 15.2 Å². The Balaban J connectivity index is 2.00. The van der Waals surface area contributed by atoms with E-state index in [1.165, 1.54) is 6.20 Å². The molecule has 0 saturated heterocycles. The summed E-state index contributed by atoms with van der Waals surface area (Å²) in [7, 11) is 1.81. The summed E-state index contributed by atoms with van der Waals surface area (Å²) in [4.78, 5) is 20.0. The van der Waals surface area contributed by atoms with Crippen LogP contribution >= 0.6 is 0 Å². The Bertz CT molecular complexity index is 566. The Morgan fingerprint density at radius 3 is 2.95 bits per heavy atom. The van der Waals surface area contributed by atoms with E-state index >= 15 is 0 Å². The molecule has 2 rings (SSSR count). The summed E-state index contributed by atoms with van der Waals surface area (Å²) in [6.07, 6.45) is 4.57. The number of hydrogen-bond acceptors (Lipinski definition) is 6. The zero-order chi connectivity index (χ0) is 13.7. The van der Waals surface area contributed by atoms with Crippen LogP contribution in [-0.2, 0) is 13.6 Å². The van der Waals surface area contributed by atoms with E-state index in [-0.39, 0.29) is 11.6 Å². The average Bonchev–Trinajstić information content (AvgIpc) is 2.82. The van der Waals surface area contributed by atoms with Crippen LogP contribution in [0.25, 0.3) is 0 Å². The third-order valence-corrected chi connectivity index (χ3v) is 2.44. The van der Waals surface area contributed by atoms with E-state index in [0.29, 0.717) is 18.2 Å². The van der Waals surface area contributed by atoms with Gasteiger partial charge in [-0.15, -0.1) is 10.2 Å². The van der Waals surface area contributed by atoms with Gasteiger partial charge in [0.25, 0.3) is 5.91 Å². The highest BCUT2D eigenvalue weighted by Gasteiger charge is 2.10. The minimum absolute atomic E-state index is 0.264. The third kappa shape index (κ3) is 3.24. The highest BCUT2D eigenvalue weighted by atomic mass is 16.1.